The maximum atomic E-state index is 14.9. The van der Waals surface area contributed by atoms with E-state index in [1.165, 1.54) is 16.4 Å². The van der Waals surface area contributed by atoms with E-state index in [4.69, 9.17) is 4.74 Å². The minimum Gasteiger partial charge on any atom is -0.462 e. The van der Waals surface area contributed by atoms with E-state index in [2.05, 4.69) is 158 Å². The Hall–Kier alpha value is -5.17. The molecule has 1 aliphatic heterocycles. The maximum absolute atomic E-state index is 14.9. The first kappa shape index (κ1) is 29.5. The molecule has 0 fully saturated rings. The molecular formula is C43H35O2P. The summed E-state index contributed by atoms with van der Waals surface area (Å²) in [5.41, 5.74) is 6.57. The summed E-state index contributed by atoms with van der Waals surface area (Å²) in [4.78, 5) is 14.9. The van der Waals surface area contributed by atoms with Crippen molar-refractivity contribution in [3.8, 4) is 0 Å². The molecule has 0 spiro atoms. The molecule has 0 bridgehead atoms. The fourth-order valence-electron chi connectivity index (χ4n) is 6.98. The lowest BCUT2D eigenvalue weighted by Crippen LogP contribution is -2.39. The van der Waals surface area contributed by atoms with E-state index in [0.717, 1.165) is 38.2 Å². The first-order valence-electron chi connectivity index (χ1n) is 15.8. The van der Waals surface area contributed by atoms with E-state index in [1.54, 1.807) is 0 Å². The Morgan fingerprint density at radius 1 is 0.565 bits per heavy atom. The number of fused-ring (bicyclic) bond motifs is 1. The van der Waals surface area contributed by atoms with Gasteiger partial charge in [-0.15, -0.1) is 0 Å². The Morgan fingerprint density at radius 3 is 1.50 bits per heavy atom. The molecule has 224 valence electrons. The Morgan fingerprint density at radius 2 is 1.00 bits per heavy atom. The number of hydrogen-bond acceptors (Lipinski definition) is 2. The van der Waals surface area contributed by atoms with Crippen molar-refractivity contribution in [3.63, 3.8) is 0 Å². The summed E-state index contributed by atoms with van der Waals surface area (Å²) < 4.78 is 6.10. The molecule has 6 aromatic carbocycles. The van der Waals surface area contributed by atoms with Crippen LogP contribution in [0.1, 0.15) is 35.1 Å². The molecule has 0 unspecified atom stereocenters. The van der Waals surface area contributed by atoms with Gasteiger partial charge in [-0.25, -0.2) is 4.79 Å². The third kappa shape index (κ3) is 5.06. The molecule has 0 N–H and O–H groups in total. The van der Waals surface area contributed by atoms with Crippen LogP contribution in [0.2, 0.25) is 0 Å². The predicted octanol–water partition coefficient (Wildman–Crippen LogP) is 8.47. The third-order valence-electron chi connectivity index (χ3n) is 8.77. The number of hydrogen-bond donors (Lipinski definition) is 0. The average Bonchev–Trinajstić information content (AvgIpc) is 3.13. The third-order valence-corrected chi connectivity index (χ3v) is 13.1. The minimum absolute atomic E-state index is 0.142. The number of allylic oxidation sites excluding steroid dienone is 1. The van der Waals surface area contributed by atoms with Crippen molar-refractivity contribution in [3.05, 3.63) is 198 Å². The Kier molecular flexibility index (Phi) is 8.38. The summed E-state index contributed by atoms with van der Waals surface area (Å²) in [6.07, 6.45) is 0. The molecule has 0 radical (unpaired) electrons. The van der Waals surface area contributed by atoms with E-state index < -0.39 is 6.89 Å². The zero-order chi connectivity index (χ0) is 31.3. The second kappa shape index (κ2) is 13.1. The van der Waals surface area contributed by atoms with Crippen molar-refractivity contribution in [2.75, 3.05) is 6.61 Å². The fraction of sp³-hybridized carbons (Fsp3) is 0.0698. The van der Waals surface area contributed by atoms with Crippen LogP contribution in [0.25, 0.3) is 11.1 Å². The second-order valence-corrected chi connectivity index (χ2v) is 14.6. The van der Waals surface area contributed by atoms with Gasteiger partial charge in [0.05, 0.1) is 11.9 Å². The molecule has 7 rings (SSSR count). The Labute approximate surface area is 271 Å². The lowest BCUT2D eigenvalue weighted by Gasteiger charge is -2.40. The van der Waals surface area contributed by atoms with Crippen LogP contribution in [-0.2, 0) is 9.53 Å². The fourth-order valence-corrected chi connectivity index (χ4v) is 11.6. The molecule has 0 saturated heterocycles. The van der Waals surface area contributed by atoms with Gasteiger partial charge >= 0.3 is 5.97 Å². The second-order valence-electron chi connectivity index (χ2n) is 11.3. The summed E-state index contributed by atoms with van der Waals surface area (Å²) in [6.45, 7) is -0.602. The highest BCUT2D eigenvalue weighted by atomic mass is 31.2. The van der Waals surface area contributed by atoms with Crippen LogP contribution in [0, 0.1) is 0 Å². The van der Waals surface area contributed by atoms with E-state index >= 15 is 0 Å². The lowest BCUT2D eigenvalue weighted by atomic mass is 9.77. The van der Waals surface area contributed by atoms with Gasteiger partial charge in [-0.1, -0.05) is 176 Å². The van der Waals surface area contributed by atoms with Gasteiger partial charge in [-0.2, -0.15) is 0 Å². The van der Waals surface area contributed by atoms with Gasteiger partial charge in [-0.05, 0) is 57.6 Å². The molecule has 0 aliphatic carbocycles. The average molecular weight is 615 g/mol. The molecule has 1 aliphatic rings. The first-order chi connectivity index (χ1) is 22.7. The summed E-state index contributed by atoms with van der Waals surface area (Å²) in [7, 11) is 0. The number of carbonyl (C=O) groups is 1. The summed E-state index contributed by atoms with van der Waals surface area (Å²) in [5.74, 6) is -0.411. The molecule has 0 amide bonds. The number of benzene rings is 6. The van der Waals surface area contributed by atoms with E-state index in [1.807, 2.05) is 25.1 Å². The van der Waals surface area contributed by atoms with Crippen molar-refractivity contribution in [1.82, 2.24) is 0 Å². The molecular weight excluding hydrogens is 579 g/mol. The van der Waals surface area contributed by atoms with E-state index in [-0.39, 0.29) is 18.5 Å². The monoisotopic (exact) mass is 614 g/mol. The SMILES string of the molecule is CCOC(=O)C1=P(c2ccccc2)(c2ccccc2)c2ccccc2C(C(c2ccccc2)c2ccccc2)=C1c1ccccc1. The summed E-state index contributed by atoms with van der Waals surface area (Å²) >= 11 is 0. The van der Waals surface area contributed by atoms with Gasteiger partial charge in [0.2, 0.25) is 0 Å². The van der Waals surface area contributed by atoms with Crippen LogP contribution in [0.5, 0.6) is 0 Å². The molecule has 3 heteroatoms. The highest BCUT2D eigenvalue weighted by Gasteiger charge is 2.43. The number of rotatable bonds is 8. The van der Waals surface area contributed by atoms with Crippen LogP contribution in [0.3, 0.4) is 0 Å². The van der Waals surface area contributed by atoms with Gasteiger partial charge in [-0.3, -0.25) is 0 Å². The lowest BCUT2D eigenvalue weighted by molar-refractivity contribution is -0.134. The zero-order valence-electron chi connectivity index (χ0n) is 25.8. The van der Waals surface area contributed by atoms with Crippen LogP contribution in [0.15, 0.2) is 176 Å². The number of carbonyl (C=O) groups excluding carboxylic acids is 1. The van der Waals surface area contributed by atoms with Crippen LogP contribution < -0.4 is 15.9 Å². The quantitative estimate of drug-likeness (QED) is 0.127. The van der Waals surface area contributed by atoms with Crippen molar-refractivity contribution in [1.29, 1.82) is 0 Å². The molecule has 0 atom stereocenters. The van der Waals surface area contributed by atoms with Crippen LogP contribution >= 0.6 is 6.89 Å². The molecule has 6 aromatic rings. The van der Waals surface area contributed by atoms with Crippen molar-refractivity contribution in [2.24, 2.45) is 0 Å². The summed E-state index contributed by atoms with van der Waals surface area (Å²) in [6, 6.07) is 61.7. The Balaban J connectivity index is 1.78. The minimum atomic E-state index is -2.78. The van der Waals surface area contributed by atoms with E-state index in [0.29, 0.717) is 0 Å². The van der Waals surface area contributed by atoms with Gasteiger partial charge < -0.3 is 4.74 Å². The number of ether oxygens (including phenoxy) is 1. The topological polar surface area (TPSA) is 26.3 Å². The molecule has 46 heavy (non-hydrogen) atoms. The highest BCUT2D eigenvalue weighted by Crippen LogP contribution is 2.57. The van der Waals surface area contributed by atoms with Crippen molar-refractivity contribution in [2.45, 2.75) is 12.8 Å². The van der Waals surface area contributed by atoms with Crippen LogP contribution in [-0.4, -0.2) is 17.9 Å². The molecule has 0 saturated carbocycles. The van der Waals surface area contributed by atoms with Gasteiger partial charge in [0.1, 0.15) is 0 Å². The molecule has 0 aromatic heterocycles. The smallest absolute Gasteiger partial charge is 0.339 e. The van der Waals surface area contributed by atoms with Gasteiger partial charge in [0.15, 0.2) is 0 Å². The van der Waals surface area contributed by atoms with E-state index in [9.17, 15) is 4.79 Å². The standard InChI is InChI=1S/C43H35O2P/c1-2-45-43(44)42-40(34-24-12-5-13-25-34)41(39(32-20-8-3-9-21-32)33-22-10-4-11-23-33)37-30-18-19-31-38(37)46(42,35-26-14-6-15-27-35)36-28-16-7-17-29-36/h3-31,39H,2H2,1H3. The normalized spacial score (nSPS) is 13.7. The maximum Gasteiger partial charge on any atom is 0.339 e. The first-order valence-corrected chi connectivity index (χ1v) is 17.6. The molecule has 1 heterocycles. The highest BCUT2D eigenvalue weighted by molar-refractivity contribution is 7.97. The summed E-state index contributed by atoms with van der Waals surface area (Å²) in [5, 5.41) is 4.16. The Bertz CT molecular complexity index is 1970. The van der Waals surface area contributed by atoms with Crippen LogP contribution in [0.4, 0.5) is 0 Å². The van der Waals surface area contributed by atoms with Gasteiger partial charge in [0.25, 0.3) is 0 Å². The largest absolute Gasteiger partial charge is 0.462 e. The van der Waals surface area contributed by atoms with Crippen molar-refractivity contribution < 1.29 is 9.53 Å². The zero-order valence-corrected chi connectivity index (χ0v) is 26.7. The number of esters is 1. The molecule has 2 nitrogen and oxygen atoms in total. The van der Waals surface area contributed by atoms with Crippen molar-refractivity contribution >= 4 is 45.2 Å². The van der Waals surface area contributed by atoms with Gasteiger partial charge in [0, 0.05) is 11.5 Å². The predicted molar refractivity (Wildman–Crippen MR) is 195 cm³/mol.